The van der Waals surface area contributed by atoms with E-state index in [-0.39, 0.29) is 18.4 Å². The third-order valence-electron chi connectivity index (χ3n) is 6.28. The summed E-state index contributed by atoms with van der Waals surface area (Å²) >= 11 is 0. The number of para-hydroxylation sites is 2. The number of fused-ring (bicyclic) bond motifs is 2. The Balaban J connectivity index is 1.37. The maximum absolute atomic E-state index is 13.3. The number of methoxy groups -OCH3 is 1. The van der Waals surface area contributed by atoms with Gasteiger partial charge in [0.1, 0.15) is 11.5 Å². The molecule has 4 aromatic carbocycles. The molecule has 0 fully saturated rings. The molecule has 0 aromatic heterocycles. The zero-order chi connectivity index (χ0) is 24.2. The lowest BCUT2D eigenvalue weighted by molar-refractivity contribution is -0.134. The molecule has 6 nitrogen and oxygen atoms in total. The van der Waals surface area contributed by atoms with Gasteiger partial charge in [-0.05, 0) is 52.6 Å². The van der Waals surface area contributed by atoms with Gasteiger partial charge in [0.15, 0.2) is 6.61 Å². The van der Waals surface area contributed by atoms with Gasteiger partial charge in [0.25, 0.3) is 11.8 Å². The lowest BCUT2D eigenvalue weighted by atomic mass is 10.00. The van der Waals surface area contributed by atoms with E-state index in [4.69, 9.17) is 9.47 Å². The maximum Gasteiger partial charge on any atom is 0.260 e. The molecule has 35 heavy (non-hydrogen) atoms. The highest BCUT2D eigenvalue weighted by Crippen LogP contribution is 2.29. The van der Waals surface area contributed by atoms with Gasteiger partial charge < -0.3 is 19.7 Å². The molecule has 1 aliphatic heterocycles. The van der Waals surface area contributed by atoms with Crippen LogP contribution in [0.1, 0.15) is 21.5 Å². The van der Waals surface area contributed by atoms with Gasteiger partial charge in [-0.25, -0.2) is 0 Å². The van der Waals surface area contributed by atoms with Crippen LogP contribution in [-0.2, 0) is 17.8 Å². The highest BCUT2D eigenvalue weighted by Gasteiger charge is 2.22. The largest absolute Gasteiger partial charge is 0.495 e. The SMILES string of the molecule is COc1ccccc1NC(=O)c1cc2ccccc2cc1OCC(=O)N1CCc2ccccc2C1. The van der Waals surface area contributed by atoms with Crippen LogP contribution in [0.15, 0.2) is 84.9 Å². The van der Waals surface area contributed by atoms with Crippen LogP contribution in [0.2, 0.25) is 0 Å². The second-order valence-electron chi connectivity index (χ2n) is 8.47. The average molecular weight is 467 g/mol. The van der Waals surface area contributed by atoms with Gasteiger partial charge in [-0.3, -0.25) is 9.59 Å². The van der Waals surface area contributed by atoms with E-state index in [0.29, 0.717) is 35.8 Å². The van der Waals surface area contributed by atoms with Gasteiger partial charge >= 0.3 is 0 Å². The van der Waals surface area contributed by atoms with Crippen molar-refractivity contribution in [2.45, 2.75) is 13.0 Å². The number of carbonyl (C=O) groups excluding carboxylic acids is 2. The minimum atomic E-state index is -0.338. The van der Waals surface area contributed by atoms with Crippen molar-refractivity contribution in [3.63, 3.8) is 0 Å². The smallest absolute Gasteiger partial charge is 0.260 e. The molecule has 4 aromatic rings. The Bertz CT molecular complexity index is 1400. The van der Waals surface area contributed by atoms with E-state index < -0.39 is 0 Å². The number of hydrogen-bond acceptors (Lipinski definition) is 4. The van der Waals surface area contributed by atoms with E-state index in [1.54, 1.807) is 30.2 Å². The number of hydrogen-bond donors (Lipinski definition) is 1. The number of ether oxygens (including phenoxy) is 2. The average Bonchev–Trinajstić information content (AvgIpc) is 2.91. The van der Waals surface area contributed by atoms with Gasteiger partial charge in [0.2, 0.25) is 0 Å². The van der Waals surface area contributed by atoms with Crippen molar-refractivity contribution in [3.8, 4) is 11.5 Å². The summed E-state index contributed by atoms with van der Waals surface area (Å²) in [4.78, 5) is 28.1. The molecular formula is C29H26N2O4. The summed E-state index contributed by atoms with van der Waals surface area (Å²) in [6, 6.07) is 26.7. The van der Waals surface area contributed by atoms with Crippen molar-refractivity contribution < 1.29 is 19.1 Å². The van der Waals surface area contributed by atoms with E-state index >= 15 is 0 Å². The first-order valence-corrected chi connectivity index (χ1v) is 11.6. The highest BCUT2D eigenvalue weighted by molar-refractivity contribution is 6.09. The first kappa shape index (κ1) is 22.5. The molecule has 0 spiro atoms. The zero-order valence-electron chi connectivity index (χ0n) is 19.5. The van der Waals surface area contributed by atoms with E-state index in [9.17, 15) is 9.59 Å². The van der Waals surface area contributed by atoms with Crippen LogP contribution in [0, 0.1) is 0 Å². The fraction of sp³-hybridized carbons (Fsp3) is 0.172. The lowest BCUT2D eigenvalue weighted by Crippen LogP contribution is -2.38. The molecule has 1 heterocycles. The van der Waals surface area contributed by atoms with Crippen LogP contribution >= 0.6 is 0 Å². The number of benzene rings is 4. The standard InChI is InChI=1S/C29H26N2O4/c1-34-26-13-7-6-12-25(26)30-29(33)24-16-21-9-3-4-10-22(21)17-27(24)35-19-28(32)31-15-14-20-8-2-5-11-23(20)18-31/h2-13,16-17H,14-15,18-19H2,1H3,(H,30,33). The summed E-state index contributed by atoms with van der Waals surface area (Å²) in [5, 5.41) is 4.74. The predicted molar refractivity (Wildman–Crippen MR) is 136 cm³/mol. The maximum atomic E-state index is 13.3. The second-order valence-corrected chi connectivity index (χ2v) is 8.47. The molecule has 0 radical (unpaired) electrons. The summed E-state index contributed by atoms with van der Waals surface area (Å²) in [7, 11) is 1.56. The number of anilines is 1. The van der Waals surface area contributed by atoms with Gasteiger partial charge in [0, 0.05) is 13.1 Å². The molecule has 0 unspecified atom stereocenters. The topological polar surface area (TPSA) is 67.9 Å². The predicted octanol–water partition coefficient (Wildman–Crippen LogP) is 5.06. The van der Waals surface area contributed by atoms with Gasteiger partial charge in [-0.1, -0.05) is 60.7 Å². The molecule has 0 bridgehead atoms. The number of nitrogens with one attached hydrogen (secondary N) is 1. The van der Waals surface area contributed by atoms with Crippen molar-refractivity contribution >= 4 is 28.3 Å². The van der Waals surface area contributed by atoms with Crippen molar-refractivity contribution in [2.75, 3.05) is 25.6 Å². The molecule has 176 valence electrons. The Morgan fingerprint density at radius 2 is 1.54 bits per heavy atom. The zero-order valence-corrected chi connectivity index (χ0v) is 19.5. The Hall–Kier alpha value is -4.32. The number of carbonyl (C=O) groups is 2. The summed E-state index contributed by atoms with van der Waals surface area (Å²) in [5.41, 5.74) is 3.35. The van der Waals surface area contributed by atoms with Crippen LogP contribution in [-0.4, -0.2) is 37.0 Å². The van der Waals surface area contributed by atoms with E-state index in [1.165, 1.54) is 5.56 Å². The second kappa shape index (κ2) is 9.89. The minimum Gasteiger partial charge on any atom is -0.495 e. The minimum absolute atomic E-state index is 0.108. The molecule has 0 saturated carbocycles. The summed E-state index contributed by atoms with van der Waals surface area (Å²) in [5.74, 6) is 0.477. The highest BCUT2D eigenvalue weighted by atomic mass is 16.5. The van der Waals surface area contributed by atoms with Crippen LogP contribution in [0.25, 0.3) is 10.8 Å². The van der Waals surface area contributed by atoms with Gasteiger partial charge in [0.05, 0.1) is 18.4 Å². The number of amides is 2. The monoisotopic (exact) mass is 466 g/mol. The fourth-order valence-electron chi connectivity index (χ4n) is 4.39. The van der Waals surface area contributed by atoms with Gasteiger partial charge in [-0.15, -0.1) is 0 Å². The molecular weight excluding hydrogens is 440 g/mol. The van der Waals surface area contributed by atoms with Crippen LogP contribution in [0.3, 0.4) is 0 Å². The molecule has 2 amide bonds. The van der Waals surface area contributed by atoms with Crippen LogP contribution in [0.4, 0.5) is 5.69 Å². The van der Waals surface area contributed by atoms with Crippen molar-refractivity contribution in [3.05, 3.63) is 102 Å². The Morgan fingerprint density at radius 3 is 2.34 bits per heavy atom. The van der Waals surface area contributed by atoms with Crippen LogP contribution < -0.4 is 14.8 Å². The first-order chi connectivity index (χ1) is 17.1. The number of nitrogens with zero attached hydrogens (tertiary/aromatic N) is 1. The van der Waals surface area contributed by atoms with Crippen LogP contribution in [0.5, 0.6) is 11.5 Å². The Kier molecular flexibility index (Phi) is 6.35. The summed E-state index contributed by atoms with van der Waals surface area (Å²) in [6.45, 7) is 1.07. The van der Waals surface area contributed by atoms with E-state index in [1.807, 2.05) is 54.6 Å². The third kappa shape index (κ3) is 4.82. The molecule has 6 heteroatoms. The van der Waals surface area contributed by atoms with E-state index in [2.05, 4.69) is 17.4 Å². The molecule has 0 aliphatic carbocycles. The lowest BCUT2D eigenvalue weighted by Gasteiger charge is -2.29. The molecule has 1 N–H and O–H groups in total. The Morgan fingerprint density at radius 1 is 0.857 bits per heavy atom. The molecule has 0 atom stereocenters. The quantitative estimate of drug-likeness (QED) is 0.431. The van der Waals surface area contributed by atoms with Crippen molar-refractivity contribution in [2.24, 2.45) is 0 Å². The summed E-state index contributed by atoms with van der Waals surface area (Å²) < 4.78 is 11.3. The molecule has 0 saturated heterocycles. The Labute approximate surface area is 204 Å². The normalized spacial score (nSPS) is 12.7. The fourth-order valence-corrected chi connectivity index (χ4v) is 4.39. The first-order valence-electron chi connectivity index (χ1n) is 11.6. The van der Waals surface area contributed by atoms with E-state index in [0.717, 1.165) is 22.8 Å². The molecule has 1 aliphatic rings. The molecule has 5 rings (SSSR count). The third-order valence-corrected chi connectivity index (χ3v) is 6.28. The number of rotatable bonds is 6. The van der Waals surface area contributed by atoms with Crippen molar-refractivity contribution in [1.29, 1.82) is 0 Å². The van der Waals surface area contributed by atoms with Gasteiger partial charge in [-0.2, -0.15) is 0 Å². The van der Waals surface area contributed by atoms with Crippen molar-refractivity contribution in [1.82, 2.24) is 4.90 Å². The summed E-state index contributed by atoms with van der Waals surface area (Å²) in [6.07, 6.45) is 0.824.